The highest BCUT2D eigenvalue weighted by molar-refractivity contribution is 6.30. The summed E-state index contributed by atoms with van der Waals surface area (Å²) >= 11 is 5.79. The summed E-state index contributed by atoms with van der Waals surface area (Å²) < 4.78 is 5.00. The van der Waals surface area contributed by atoms with Crippen molar-refractivity contribution in [2.24, 2.45) is 0 Å². The highest BCUT2D eigenvalue weighted by Crippen LogP contribution is 2.12. The van der Waals surface area contributed by atoms with Crippen molar-refractivity contribution in [2.75, 3.05) is 11.9 Å². The lowest BCUT2D eigenvalue weighted by molar-refractivity contribution is -0.146. The highest BCUT2D eigenvalue weighted by atomic mass is 35.5. The minimum atomic E-state index is -0.451. The molecule has 0 atom stereocenters. The summed E-state index contributed by atoms with van der Waals surface area (Å²) in [5.74, 6) is -0.807. The molecule has 0 saturated carbocycles. The summed E-state index contributed by atoms with van der Waals surface area (Å²) in [5, 5.41) is 3.33. The van der Waals surface area contributed by atoms with Crippen molar-refractivity contribution in [3.63, 3.8) is 0 Å². The lowest BCUT2D eigenvalue weighted by atomic mass is 10.1. The molecule has 2 aromatic rings. The van der Waals surface area contributed by atoms with E-state index in [0.717, 1.165) is 24.8 Å². The Hall–Kier alpha value is -2.33. The number of benzene rings is 2. The SMILES string of the molecule is CCCCc1ccc(NC(=O)COC(=O)Cc2ccc(Cl)cc2)cc1. The van der Waals surface area contributed by atoms with Gasteiger partial charge in [0.15, 0.2) is 6.61 Å². The van der Waals surface area contributed by atoms with Crippen LogP contribution < -0.4 is 5.32 Å². The second-order valence-electron chi connectivity index (χ2n) is 5.81. The molecule has 0 fully saturated rings. The van der Waals surface area contributed by atoms with Crippen LogP contribution in [-0.2, 0) is 27.2 Å². The van der Waals surface area contributed by atoms with Crippen LogP contribution in [0.15, 0.2) is 48.5 Å². The van der Waals surface area contributed by atoms with Crippen molar-refractivity contribution in [3.8, 4) is 0 Å². The van der Waals surface area contributed by atoms with E-state index in [1.165, 1.54) is 5.56 Å². The van der Waals surface area contributed by atoms with E-state index >= 15 is 0 Å². The Labute approximate surface area is 153 Å². The summed E-state index contributed by atoms with van der Waals surface area (Å²) in [6.45, 7) is 1.85. The molecule has 0 aliphatic rings. The van der Waals surface area contributed by atoms with Crippen LogP contribution in [0, 0.1) is 0 Å². The Morgan fingerprint density at radius 1 is 1.00 bits per heavy atom. The van der Waals surface area contributed by atoms with Crippen LogP contribution in [0.25, 0.3) is 0 Å². The number of carbonyl (C=O) groups is 2. The van der Waals surface area contributed by atoms with Gasteiger partial charge in [-0.15, -0.1) is 0 Å². The highest BCUT2D eigenvalue weighted by Gasteiger charge is 2.09. The van der Waals surface area contributed by atoms with Crippen LogP contribution in [0.5, 0.6) is 0 Å². The fourth-order valence-corrected chi connectivity index (χ4v) is 2.42. The average Bonchev–Trinajstić information content (AvgIpc) is 2.61. The van der Waals surface area contributed by atoms with Crippen molar-refractivity contribution < 1.29 is 14.3 Å². The number of esters is 1. The molecule has 0 aromatic heterocycles. The first-order valence-electron chi connectivity index (χ1n) is 8.35. The van der Waals surface area contributed by atoms with Gasteiger partial charge in [0.2, 0.25) is 0 Å². The molecule has 0 bridgehead atoms. The van der Waals surface area contributed by atoms with Gasteiger partial charge in [0.1, 0.15) is 0 Å². The number of aryl methyl sites for hydroxylation is 1. The topological polar surface area (TPSA) is 55.4 Å². The second-order valence-corrected chi connectivity index (χ2v) is 6.25. The van der Waals surface area contributed by atoms with Crippen LogP contribution >= 0.6 is 11.6 Å². The molecular formula is C20H22ClNO3. The molecular weight excluding hydrogens is 338 g/mol. The maximum Gasteiger partial charge on any atom is 0.310 e. The van der Waals surface area contributed by atoms with Crippen LogP contribution in [-0.4, -0.2) is 18.5 Å². The number of amides is 1. The zero-order valence-electron chi connectivity index (χ0n) is 14.3. The predicted octanol–water partition coefficient (Wildman–Crippen LogP) is 4.41. The number of unbranched alkanes of at least 4 members (excludes halogenated alkanes) is 1. The summed E-state index contributed by atoms with van der Waals surface area (Å²) in [6.07, 6.45) is 3.44. The number of hydrogen-bond donors (Lipinski definition) is 1. The Morgan fingerprint density at radius 2 is 1.64 bits per heavy atom. The number of carbonyl (C=O) groups excluding carboxylic acids is 2. The van der Waals surface area contributed by atoms with Crippen molar-refractivity contribution in [3.05, 3.63) is 64.7 Å². The number of ether oxygens (including phenoxy) is 1. The lowest BCUT2D eigenvalue weighted by Gasteiger charge is -2.08. The molecule has 0 spiro atoms. The molecule has 1 amide bonds. The van der Waals surface area contributed by atoms with E-state index in [9.17, 15) is 9.59 Å². The zero-order valence-corrected chi connectivity index (χ0v) is 15.0. The minimum absolute atomic E-state index is 0.108. The van der Waals surface area contributed by atoms with E-state index in [-0.39, 0.29) is 18.9 Å². The van der Waals surface area contributed by atoms with Gasteiger partial charge in [0.05, 0.1) is 6.42 Å². The minimum Gasteiger partial charge on any atom is -0.455 e. The molecule has 0 saturated heterocycles. The number of rotatable bonds is 8. The number of hydrogen-bond acceptors (Lipinski definition) is 3. The molecule has 0 aliphatic heterocycles. The quantitative estimate of drug-likeness (QED) is 0.710. The van der Waals surface area contributed by atoms with Gasteiger partial charge < -0.3 is 10.1 Å². The number of halogens is 1. The Morgan fingerprint density at radius 3 is 2.28 bits per heavy atom. The van der Waals surface area contributed by atoms with Crippen LogP contribution in [0.1, 0.15) is 30.9 Å². The molecule has 0 aliphatic carbocycles. The number of anilines is 1. The fourth-order valence-electron chi connectivity index (χ4n) is 2.30. The zero-order chi connectivity index (χ0) is 18.1. The van der Waals surface area contributed by atoms with Crippen molar-refractivity contribution in [1.29, 1.82) is 0 Å². The van der Waals surface area contributed by atoms with E-state index in [2.05, 4.69) is 12.2 Å². The monoisotopic (exact) mass is 359 g/mol. The largest absolute Gasteiger partial charge is 0.455 e. The van der Waals surface area contributed by atoms with Gasteiger partial charge in [-0.3, -0.25) is 9.59 Å². The maximum atomic E-state index is 11.9. The summed E-state index contributed by atoms with van der Waals surface area (Å²) in [5.41, 5.74) is 2.73. The van der Waals surface area contributed by atoms with Crippen LogP contribution in [0.4, 0.5) is 5.69 Å². The summed E-state index contributed by atoms with van der Waals surface area (Å²) in [6, 6.07) is 14.6. The molecule has 0 unspecified atom stereocenters. The molecule has 25 heavy (non-hydrogen) atoms. The van der Waals surface area contributed by atoms with Gasteiger partial charge in [0, 0.05) is 10.7 Å². The summed E-state index contributed by atoms with van der Waals surface area (Å²) in [7, 11) is 0. The smallest absolute Gasteiger partial charge is 0.310 e. The molecule has 132 valence electrons. The standard InChI is InChI=1S/C20H22ClNO3/c1-2-3-4-15-7-11-18(12-8-15)22-19(23)14-25-20(24)13-16-5-9-17(21)10-6-16/h5-12H,2-4,13-14H2,1H3,(H,22,23). The third-order valence-corrected chi connectivity index (χ3v) is 3.93. The predicted molar refractivity (Wildman–Crippen MR) is 99.8 cm³/mol. The molecule has 2 rings (SSSR count). The third kappa shape index (κ3) is 6.98. The van der Waals surface area contributed by atoms with Crippen LogP contribution in [0.3, 0.4) is 0 Å². The summed E-state index contributed by atoms with van der Waals surface area (Å²) in [4.78, 5) is 23.6. The first kappa shape index (κ1) is 19.0. The molecule has 0 radical (unpaired) electrons. The normalized spacial score (nSPS) is 10.3. The van der Waals surface area contributed by atoms with E-state index in [4.69, 9.17) is 16.3 Å². The Kier molecular flexibility index (Phi) is 7.48. The van der Waals surface area contributed by atoms with Crippen molar-refractivity contribution in [2.45, 2.75) is 32.6 Å². The van der Waals surface area contributed by atoms with Gasteiger partial charge >= 0.3 is 5.97 Å². The first-order valence-corrected chi connectivity index (χ1v) is 8.73. The molecule has 2 aromatic carbocycles. The molecule has 1 N–H and O–H groups in total. The van der Waals surface area contributed by atoms with Gasteiger partial charge in [-0.1, -0.05) is 49.2 Å². The lowest BCUT2D eigenvalue weighted by Crippen LogP contribution is -2.21. The van der Waals surface area contributed by atoms with E-state index in [1.54, 1.807) is 24.3 Å². The van der Waals surface area contributed by atoms with Gasteiger partial charge in [0.25, 0.3) is 5.91 Å². The van der Waals surface area contributed by atoms with E-state index in [0.29, 0.717) is 10.7 Å². The Balaban J connectivity index is 1.74. The van der Waals surface area contributed by atoms with Gasteiger partial charge in [-0.05, 0) is 48.2 Å². The third-order valence-electron chi connectivity index (χ3n) is 3.68. The van der Waals surface area contributed by atoms with Crippen molar-refractivity contribution in [1.82, 2.24) is 0 Å². The molecule has 4 nitrogen and oxygen atoms in total. The van der Waals surface area contributed by atoms with E-state index < -0.39 is 5.97 Å². The first-order chi connectivity index (χ1) is 12.1. The van der Waals surface area contributed by atoms with Crippen LogP contribution in [0.2, 0.25) is 5.02 Å². The second kappa shape index (κ2) is 9.84. The van der Waals surface area contributed by atoms with E-state index in [1.807, 2.05) is 24.3 Å². The van der Waals surface area contributed by atoms with Crippen molar-refractivity contribution >= 4 is 29.2 Å². The molecule has 5 heteroatoms. The Bertz CT molecular complexity index is 696. The number of nitrogens with one attached hydrogen (secondary N) is 1. The van der Waals surface area contributed by atoms with Gasteiger partial charge in [-0.25, -0.2) is 0 Å². The fraction of sp³-hybridized carbons (Fsp3) is 0.300. The molecule has 0 heterocycles. The average molecular weight is 360 g/mol. The maximum absolute atomic E-state index is 11.9. The van der Waals surface area contributed by atoms with Gasteiger partial charge in [-0.2, -0.15) is 0 Å².